The molecule has 2 aromatic carbocycles. The molecule has 3 rings (SSSR count). The average Bonchev–Trinajstić information content (AvgIpc) is 2.85. The third kappa shape index (κ3) is 2.17. The standard InChI is InChI=1S/C15H14N3O/c1-2-5-11-8-9-15(19)14(10-11)18-16-12-6-3-4-7-13(12)17-18/h3-4,6-10,19H,1-2,5H2. The van der Waals surface area contributed by atoms with E-state index in [1.54, 1.807) is 6.07 Å². The molecule has 19 heavy (non-hydrogen) atoms. The number of benzene rings is 2. The Balaban J connectivity index is 2.11. The molecule has 3 aromatic rings. The van der Waals surface area contributed by atoms with Gasteiger partial charge in [0.1, 0.15) is 22.5 Å². The molecule has 0 aliphatic rings. The fourth-order valence-electron chi connectivity index (χ4n) is 2.06. The highest BCUT2D eigenvalue weighted by atomic mass is 16.3. The number of fused-ring (bicyclic) bond motifs is 1. The van der Waals surface area contributed by atoms with Crippen molar-refractivity contribution in [1.82, 2.24) is 15.0 Å². The lowest BCUT2D eigenvalue weighted by Gasteiger charge is -2.05. The van der Waals surface area contributed by atoms with Crippen LogP contribution < -0.4 is 0 Å². The summed E-state index contributed by atoms with van der Waals surface area (Å²) >= 11 is 0. The summed E-state index contributed by atoms with van der Waals surface area (Å²) in [5.41, 5.74) is 3.33. The second-order valence-corrected chi connectivity index (χ2v) is 4.40. The van der Waals surface area contributed by atoms with E-state index >= 15 is 0 Å². The van der Waals surface area contributed by atoms with Crippen molar-refractivity contribution in [3.8, 4) is 11.4 Å². The maximum atomic E-state index is 9.97. The molecule has 95 valence electrons. The minimum Gasteiger partial charge on any atom is -0.506 e. The molecule has 1 N–H and O–H groups in total. The van der Waals surface area contributed by atoms with E-state index in [9.17, 15) is 5.11 Å². The van der Waals surface area contributed by atoms with Crippen LogP contribution in [0.4, 0.5) is 0 Å². The number of phenols is 1. The molecule has 0 aliphatic carbocycles. The first kappa shape index (κ1) is 11.7. The van der Waals surface area contributed by atoms with Crippen LogP contribution >= 0.6 is 0 Å². The quantitative estimate of drug-likeness (QED) is 0.779. The fourth-order valence-corrected chi connectivity index (χ4v) is 2.06. The van der Waals surface area contributed by atoms with Gasteiger partial charge in [-0.15, -0.1) is 15.0 Å². The molecule has 1 heterocycles. The van der Waals surface area contributed by atoms with Crippen molar-refractivity contribution in [2.45, 2.75) is 12.8 Å². The van der Waals surface area contributed by atoms with Crippen molar-refractivity contribution in [3.63, 3.8) is 0 Å². The monoisotopic (exact) mass is 252 g/mol. The van der Waals surface area contributed by atoms with Crippen LogP contribution in [0.5, 0.6) is 5.75 Å². The molecule has 0 unspecified atom stereocenters. The molecule has 4 nitrogen and oxygen atoms in total. The summed E-state index contributed by atoms with van der Waals surface area (Å²) in [6.07, 6.45) is 1.69. The number of nitrogens with zero attached hydrogens (tertiary/aromatic N) is 3. The van der Waals surface area contributed by atoms with E-state index in [1.165, 1.54) is 4.80 Å². The predicted molar refractivity (Wildman–Crippen MR) is 74.2 cm³/mol. The van der Waals surface area contributed by atoms with Crippen molar-refractivity contribution in [1.29, 1.82) is 0 Å². The van der Waals surface area contributed by atoms with Gasteiger partial charge < -0.3 is 5.11 Å². The molecule has 4 heteroatoms. The number of aromatic nitrogens is 3. The highest BCUT2D eigenvalue weighted by Gasteiger charge is 2.09. The van der Waals surface area contributed by atoms with Crippen LogP contribution in [0.15, 0.2) is 42.5 Å². The highest BCUT2D eigenvalue weighted by molar-refractivity contribution is 5.73. The number of hydrogen-bond donors (Lipinski definition) is 1. The summed E-state index contributed by atoms with van der Waals surface area (Å²) in [5.74, 6) is 0.174. The van der Waals surface area contributed by atoms with Gasteiger partial charge in [0.15, 0.2) is 0 Å². The molecular formula is C15H14N3O. The molecule has 0 amide bonds. The molecule has 0 aliphatic heterocycles. The molecule has 0 fully saturated rings. The van der Waals surface area contributed by atoms with Gasteiger partial charge in [-0.25, -0.2) is 0 Å². The molecule has 0 saturated carbocycles. The minimum absolute atomic E-state index is 0.174. The number of hydrogen-bond acceptors (Lipinski definition) is 3. The predicted octanol–water partition coefficient (Wildman–Crippen LogP) is 2.89. The Morgan fingerprint density at radius 2 is 1.74 bits per heavy atom. The zero-order chi connectivity index (χ0) is 13.2. The third-order valence-electron chi connectivity index (χ3n) is 3.01. The summed E-state index contributed by atoms with van der Waals surface area (Å²) < 4.78 is 0. The van der Waals surface area contributed by atoms with Crippen LogP contribution in [0.3, 0.4) is 0 Å². The fraction of sp³-hybridized carbons (Fsp3) is 0.133. The van der Waals surface area contributed by atoms with Gasteiger partial charge in [0, 0.05) is 0 Å². The van der Waals surface area contributed by atoms with E-state index in [0.717, 1.165) is 29.4 Å². The van der Waals surface area contributed by atoms with E-state index < -0.39 is 0 Å². The van der Waals surface area contributed by atoms with Crippen molar-refractivity contribution in [3.05, 3.63) is 55.0 Å². The lowest BCUT2D eigenvalue weighted by Crippen LogP contribution is -2.00. The van der Waals surface area contributed by atoms with Crippen molar-refractivity contribution in [2.75, 3.05) is 0 Å². The lowest BCUT2D eigenvalue weighted by atomic mass is 10.1. The van der Waals surface area contributed by atoms with Crippen LogP contribution in [-0.4, -0.2) is 20.1 Å². The molecule has 1 radical (unpaired) electrons. The van der Waals surface area contributed by atoms with Gasteiger partial charge in [-0.05, 0) is 42.7 Å². The molecule has 0 bridgehead atoms. The minimum atomic E-state index is 0.174. The van der Waals surface area contributed by atoms with Crippen LogP contribution in [0, 0.1) is 6.92 Å². The number of aromatic hydroxyl groups is 1. The molecule has 0 saturated heterocycles. The van der Waals surface area contributed by atoms with E-state index in [1.807, 2.05) is 36.4 Å². The van der Waals surface area contributed by atoms with Crippen molar-refractivity contribution < 1.29 is 5.11 Å². The Labute approximate surface area is 111 Å². The zero-order valence-corrected chi connectivity index (χ0v) is 10.5. The first-order valence-electron chi connectivity index (χ1n) is 6.21. The molecule has 0 atom stereocenters. The smallest absolute Gasteiger partial charge is 0.143 e. The van der Waals surface area contributed by atoms with E-state index in [2.05, 4.69) is 17.1 Å². The SMILES string of the molecule is [CH2]CCc1ccc(O)c(-n2nc3ccccc3n2)c1. The van der Waals surface area contributed by atoms with Crippen LogP contribution in [0.2, 0.25) is 0 Å². The normalized spacial score (nSPS) is 11.0. The number of rotatable bonds is 3. The molecule has 1 aromatic heterocycles. The second kappa shape index (κ2) is 4.72. The lowest BCUT2D eigenvalue weighted by molar-refractivity contribution is 0.467. The van der Waals surface area contributed by atoms with Gasteiger partial charge in [0.25, 0.3) is 0 Å². The highest BCUT2D eigenvalue weighted by Crippen LogP contribution is 2.23. The van der Waals surface area contributed by atoms with Crippen LogP contribution in [-0.2, 0) is 6.42 Å². The molecule has 0 spiro atoms. The van der Waals surface area contributed by atoms with Gasteiger partial charge >= 0.3 is 0 Å². The summed E-state index contributed by atoms with van der Waals surface area (Å²) in [6.45, 7) is 3.84. The van der Waals surface area contributed by atoms with Gasteiger partial charge in [0.05, 0.1) is 0 Å². The second-order valence-electron chi connectivity index (χ2n) is 4.40. The van der Waals surface area contributed by atoms with Gasteiger partial charge in [-0.1, -0.05) is 25.1 Å². The first-order chi connectivity index (χ1) is 9.28. The Kier molecular flexibility index (Phi) is 2.91. The maximum Gasteiger partial charge on any atom is 0.143 e. The van der Waals surface area contributed by atoms with Gasteiger partial charge in [0.2, 0.25) is 0 Å². The Bertz CT molecular complexity index is 685. The summed E-state index contributed by atoms with van der Waals surface area (Å²) in [7, 11) is 0. The molecular weight excluding hydrogens is 238 g/mol. The third-order valence-corrected chi connectivity index (χ3v) is 3.01. The summed E-state index contributed by atoms with van der Waals surface area (Å²) in [4.78, 5) is 1.48. The van der Waals surface area contributed by atoms with E-state index in [-0.39, 0.29) is 5.75 Å². The van der Waals surface area contributed by atoms with Gasteiger partial charge in [-0.2, -0.15) is 0 Å². The van der Waals surface area contributed by atoms with Crippen LogP contribution in [0.1, 0.15) is 12.0 Å². The maximum absolute atomic E-state index is 9.97. The van der Waals surface area contributed by atoms with Gasteiger partial charge in [-0.3, -0.25) is 0 Å². The number of phenolic OH excluding ortho intramolecular Hbond substituents is 1. The Hall–Kier alpha value is -2.36. The summed E-state index contributed by atoms with van der Waals surface area (Å²) in [6, 6.07) is 13.1. The van der Waals surface area contributed by atoms with Crippen molar-refractivity contribution in [2.24, 2.45) is 0 Å². The van der Waals surface area contributed by atoms with E-state index in [4.69, 9.17) is 0 Å². The Morgan fingerprint density at radius 3 is 2.37 bits per heavy atom. The summed E-state index contributed by atoms with van der Waals surface area (Å²) in [5, 5.41) is 18.7. The largest absolute Gasteiger partial charge is 0.506 e. The van der Waals surface area contributed by atoms with Crippen LogP contribution in [0.25, 0.3) is 16.7 Å². The average molecular weight is 252 g/mol. The van der Waals surface area contributed by atoms with Crippen molar-refractivity contribution >= 4 is 11.0 Å². The zero-order valence-electron chi connectivity index (χ0n) is 10.5. The Morgan fingerprint density at radius 1 is 1.05 bits per heavy atom. The topological polar surface area (TPSA) is 50.9 Å². The first-order valence-corrected chi connectivity index (χ1v) is 6.21. The van der Waals surface area contributed by atoms with E-state index in [0.29, 0.717) is 5.69 Å². The number of aryl methyl sites for hydroxylation is 1.